The van der Waals surface area contributed by atoms with E-state index >= 15 is 0 Å². The first kappa shape index (κ1) is 24.6. The number of carbonyl (C=O) groups is 1. The van der Waals surface area contributed by atoms with Gasteiger partial charge in [-0.2, -0.15) is 0 Å². The summed E-state index contributed by atoms with van der Waals surface area (Å²) in [5.74, 6) is -0.170. The summed E-state index contributed by atoms with van der Waals surface area (Å²) < 4.78 is 0. The van der Waals surface area contributed by atoms with Gasteiger partial charge in [0.15, 0.2) is 0 Å². The molecule has 0 fully saturated rings. The molecule has 3 aromatic heterocycles. The molecule has 0 bridgehead atoms. The third-order valence-electron chi connectivity index (χ3n) is 6.46. The molecule has 1 unspecified atom stereocenters. The van der Waals surface area contributed by atoms with Crippen molar-refractivity contribution in [2.45, 2.75) is 51.9 Å². The van der Waals surface area contributed by atoms with Gasteiger partial charge in [0.2, 0.25) is 0 Å². The van der Waals surface area contributed by atoms with Crippen LogP contribution in [0.3, 0.4) is 0 Å². The molecule has 3 heterocycles. The van der Waals surface area contributed by atoms with E-state index in [9.17, 15) is 4.79 Å². The van der Waals surface area contributed by atoms with Crippen LogP contribution in [-0.4, -0.2) is 25.8 Å². The number of pyridine rings is 2. The molecular weight excluding hydrogens is 490 g/mol. The summed E-state index contributed by atoms with van der Waals surface area (Å²) in [7, 11) is 0. The third kappa shape index (κ3) is 5.98. The van der Waals surface area contributed by atoms with E-state index in [2.05, 4.69) is 50.9 Å². The predicted octanol–water partition coefficient (Wildman–Crippen LogP) is 5.90. The summed E-state index contributed by atoms with van der Waals surface area (Å²) in [6.07, 6.45) is 6.79. The summed E-state index contributed by atoms with van der Waals surface area (Å²) in [5.41, 5.74) is 6.39. The maximum atomic E-state index is 12.4. The van der Waals surface area contributed by atoms with E-state index in [0.29, 0.717) is 17.3 Å². The molecule has 1 aliphatic carbocycles. The fourth-order valence-corrected chi connectivity index (χ4v) is 5.66. The topological polar surface area (TPSA) is 71.0 Å². The Morgan fingerprint density at radius 3 is 2.72 bits per heavy atom. The van der Waals surface area contributed by atoms with E-state index in [4.69, 9.17) is 21.6 Å². The molecule has 8 heteroatoms. The van der Waals surface area contributed by atoms with E-state index in [1.54, 1.807) is 23.5 Å². The van der Waals surface area contributed by atoms with Crippen molar-refractivity contribution < 1.29 is 4.79 Å². The number of nitrogens with one attached hydrogen (secondary N) is 1. The highest BCUT2D eigenvalue weighted by atomic mass is 35.5. The van der Waals surface area contributed by atoms with Gasteiger partial charge in [-0.3, -0.25) is 14.7 Å². The Balaban J connectivity index is 1.29. The molecule has 5 rings (SSSR count). The number of benzene rings is 1. The zero-order valence-corrected chi connectivity index (χ0v) is 21.7. The Labute approximate surface area is 220 Å². The van der Waals surface area contributed by atoms with Gasteiger partial charge < -0.3 is 5.32 Å². The number of hydrogen-bond donors (Lipinski definition) is 1. The minimum atomic E-state index is -0.170. The van der Waals surface area contributed by atoms with E-state index in [1.165, 1.54) is 23.0 Å². The summed E-state index contributed by atoms with van der Waals surface area (Å²) in [4.78, 5) is 28.4. The van der Waals surface area contributed by atoms with Crippen LogP contribution in [0.1, 0.15) is 62.3 Å². The molecule has 1 atom stereocenters. The number of fused-ring (bicyclic) bond motifs is 1. The lowest BCUT2D eigenvalue weighted by molar-refractivity contribution is 0.0951. The van der Waals surface area contributed by atoms with Crippen LogP contribution in [0.2, 0.25) is 5.15 Å². The van der Waals surface area contributed by atoms with Gasteiger partial charge >= 0.3 is 0 Å². The monoisotopic (exact) mass is 517 g/mol. The van der Waals surface area contributed by atoms with Crippen molar-refractivity contribution >= 4 is 28.8 Å². The van der Waals surface area contributed by atoms with Crippen molar-refractivity contribution in [3.8, 4) is 0 Å². The standard InChI is InChI=1S/C28H28ClN5OS/c1-19-18-36-26(33-19)17-34(24-6-2-4-22-5-3-12-31-27(22)24)16-21-9-7-20(8-10-21)15-32-28(35)23-11-13-30-25(29)14-23/h3,5,7-14,18,24H,2,4,6,15-17H2,1H3,(H,32,35). The number of aromatic nitrogens is 3. The SMILES string of the molecule is Cc1csc(CN(Cc2ccc(CNC(=O)c3ccnc(Cl)c3)cc2)C2CCCc3cccnc32)n1. The second kappa shape index (κ2) is 11.3. The van der Waals surface area contributed by atoms with Crippen LogP contribution in [0.5, 0.6) is 0 Å². The van der Waals surface area contributed by atoms with Crippen LogP contribution in [-0.2, 0) is 26.1 Å². The highest BCUT2D eigenvalue weighted by Crippen LogP contribution is 2.35. The number of thiazole rings is 1. The predicted molar refractivity (Wildman–Crippen MR) is 143 cm³/mol. The molecule has 1 aliphatic rings. The minimum absolute atomic E-state index is 0.170. The number of carbonyl (C=O) groups excluding carboxylic acids is 1. The zero-order chi connectivity index (χ0) is 24.9. The first-order valence-corrected chi connectivity index (χ1v) is 13.4. The van der Waals surface area contributed by atoms with Crippen molar-refractivity contribution in [2.24, 2.45) is 0 Å². The minimum Gasteiger partial charge on any atom is -0.348 e. The van der Waals surface area contributed by atoms with Crippen LogP contribution < -0.4 is 5.32 Å². The summed E-state index contributed by atoms with van der Waals surface area (Å²) in [6, 6.07) is 16.2. The normalized spacial score (nSPS) is 15.0. The molecule has 1 N–H and O–H groups in total. The van der Waals surface area contributed by atoms with Crippen LogP contribution in [0, 0.1) is 6.92 Å². The number of aryl methyl sites for hydroxylation is 2. The van der Waals surface area contributed by atoms with Gasteiger partial charge in [-0.1, -0.05) is 41.9 Å². The fraction of sp³-hybridized carbons (Fsp3) is 0.286. The molecule has 0 saturated heterocycles. The highest BCUT2D eigenvalue weighted by Gasteiger charge is 2.28. The number of hydrogen-bond acceptors (Lipinski definition) is 6. The van der Waals surface area contributed by atoms with Crippen molar-refractivity contribution in [3.05, 3.63) is 110 Å². The van der Waals surface area contributed by atoms with Crippen LogP contribution in [0.15, 0.2) is 66.3 Å². The van der Waals surface area contributed by atoms with Gasteiger partial charge in [0.25, 0.3) is 5.91 Å². The van der Waals surface area contributed by atoms with Gasteiger partial charge in [-0.05, 0) is 61.1 Å². The van der Waals surface area contributed by atoms with E-state index in [1.807, 2.05) is 19.2 Å². The maximum Gasteiger partial charge on any atom is 0.251 e. The largest absolute Gasteiger partial charge is 0.348 e. The molecule has 0 spiro atoms. The molecule has 4 aromatic rings. The van der Waals surface area contributed by atoms with Crippen molar-refractivity contribution in [2.75, 3.05) is 0 Å². The van der Waals surface area contributed by atoms with Crippen LogP contribution >= 0.6 is 22.9 Å². The number of rotatable bonds is 8. The highest BCUT2D eigenvalue weighted by molar-refractivity contribution is 7.09. The average molecular weight is 518 g/mol. The Bertz CT molecular complexity index is 1340. The lowest BCUT2D eigenvalue weighted by Crippen LogP contribution is -2.31. The number of halogens is 1. The third-order valence-corrected chi connectivity index (χ3v) is 7.62. The van der Waals surface area contributed by atoms with Gasteiger partial charge in [-0.15, -0.1) is 11.3 Å². The second-order valence-electron chi connectivity index (χ2n) is 9.11. The molecular formula is C28H28ClN5OS. The Morgan fingerprint density at radius 1 is 1.11 bits per heavy atom. The molecule has 0 saturated carbocycles. The molecule has 36 heavy (non-hydrogen) atoms. The lowest BCUT2D eigenvalue weighted by Gasteiger charge is -2.34. The van der Waals surface area contributed by atoms with Crippen LogP contribution in [0.4, 0.5) is 0 Å². The quantitative estimate of drug-likeness (QED) is 0.294. The number of amides is 1. The van der Waals surface area contributed by atoms with Gasteiger partial charge in [0.05, 0.1) is 18.3 Å². The molecule has 6 nitrogen and oxygen atoms in total. The van der Waals surface area contributed by atoms with Crippen molar-refractivity contribution in [3.63, 3.8) is 0 Å². The van der Waals surface area contributed by atoms with Crippen LogP contribution in [0.25, 0.3) is 0 Å². The molecule has 184 valence electrons. The van der Waals surface area contributed by atoms with E-state index in [-0.39, 0.29) is 11.9 Å². The first-order valence-electron chi connectivity index (χ1n) is 12.1. The van der Waals surface area contributed by atoms with Crippen molar-refractivity contribution in [1.82, 2.24) is 25.2 Å². The number of nitrogens with zero attached hydrogens (tertiary/aromatic N) is 4. The Kier molecular flexibility index (Phi) is 7.70. The Morgan fingerprint density at radius 2 is 1.94 bits per heavy atom. The summed E-state index contributed by atoms with van der Waals surface area (Å²) in [5, 5.41) is 6.50. The smallest absolute Gasteiger partial charge is 0.251 e. The zero-order valence-electron chi connectivity index (χ0n) is 20.2. The van der Waals surface area contributed by atoms with E-state index < -0.39 is 0 Å². The van der Waals surface area contributed by atoms with Crippen molar-refractivity contribution in [1.29, 1.82) is 0 Å². The molecule has 0 aliphatic heterocycles. The van der Waals surface area contributed by atoms with Gasteiger partial charge in [0.1, 0.15) is 10.2 Å². The maximum absolute atomic E-state index is 12.4. The summed E-state index contributed by atoms with van der Waals surface area (Å²) >= 11 is 7.62. The van der Waals surface area contributed by atoms with Gasteiger partial charge in [-0.25, -0.2) is 9.97 Å². The fourth-order valence-electron chi connectivity index (χ4n) is 4.69. The van der Waals surface area contributed by atoms with E-state index in [0.717, 1.165) is 48.6 Å². The second-order valence-corrected chi connectivity index (χ2v) is 10.4. The lowest BCUT2D eigenvalue weighted by atomic mass is 9.90. The summed E-state index contributed by atoms with van der Waals surface area (Å²) in [6.45, 7) is 4.09. The first-order chi connectivity index (χ1) is 17.5. The average Bonchev–Trinajstić information content (AvgIpc) is 3.31. The molecule has 1 amide bonds. The Hall–Kier alpha value is -3.13. The molecule has 1 aromatic carbocycles. The molecule has 0 radical (unpaired) electrons. The van der Waals surface area contributed by atoms with Gasteiger partial charge in [0, 0.05) is 42.1 Å².